The van der Waals surface area contributed by atoms with Gasteiger partial charge in [0.2, 0.25) is 0 Å². The lowest BCUT2D eigenvalue weighted by Crippen LogP contribution is -2.33. The first-order valence-corrected chi connectivity index (χ1v) is 10.1. The summed E-state index contributed by atoms with van der Waals surface area (Å²) in [6.07, 6.45) is 8.75. The molecule has 0 atom stereocenters. The van der Waals surface area contributed by atoms with Gasteiger partial charge in [-0.2, -0.15) is 5.26 Å². The number of benzene rings is 2. The first-order valence-electron chi connectivity index (χ1n) is 10.1. The minimum atomic E-state index is 0.705. The topological polar surface area (TPSA) is 44.9 Å². The quantitative estimate of drug-likeness (QED) is 0.634. The first kappa shape index (κ1) is 18.3. The molecule has 4 heteroatoms. The maximum atomic E-state index is 8.94. The molecule has 0 bridgehead atoms. The Morgan fingerprint density at radius 3 is 2.46 bits per heavy atom. The molecule has 1 fully saturated rings. The van der Waals surface area contributed by atoms with Crippen LogP contribution in [-0.4, -0.2) is 22.6 Å². The fourth-order valence-electron chi connectivity index (χ4n) is 4.05. The van der Waals surface area contributed by atoms with Crippen molar-refractivity contribution < 1.29 is 0 Å². The molecule has 0 saturated carbocycles. The predicted octanol–water partition coefficient (Wildman–Crippen LogP) is 4.65. The van der Waals surface area contributed by atoms with Crippen LogP contribution in [0.5, 0.6) is 0 Å². The molecule has 2 heterocycles. The molecule has 0 unspecified atom stereocenters. The minimum Gasteiger partial charge on any atom is -0.372 e. The zero-order valence-corrected chi connectivity index (χ0v) is 16.2. The Bertz CT molecular complexity index is 913. The van der Waals surface area contributed by atoms with Crippen LogP contribution < -0.4 is 4.90 Å². The summed E-state index contributed by atoms with van der Waals surface area (Å²) in [6.45, 7) is 3.12. The Balaban J connectivity index is 1.29. The van der Waals surface area contributed by atoms with E-state index in [0.29, 0.717) is 5.56 Å². The molecule has 142 valence electrons. The number of para-hydroxylation sites is 1. The van der Waals surface area contributed by atoms with Crippen molar-refractivity contribution in [2.24, 2.45) is 5.92 Å². The summed E-state index contributed by atoms with van der Waals surface area (Å²) in [4.78, 5) is 6.88. The van der Waals surface area contributed by atoms with Crippen molar-refractivity contribution in [1.29, 1.82) is 5.26 Å². The summed E-state index contributed by atoms with van der Waals surface area (Å²) in [5, 5.41) is 8.94. The highest BCUT2D eigenvalue weighted by Crippen LogP contribution is 2.26. The Morgan fingerprint density at radius 1 is 1.00 bits per heavy atom. The number of aryl methyl sites for hydroxylation is 1. The standard InChI is InChI=1S/C24H26N4/c25-16-21-6-8-22(9-7-21)18-28-19-26-17-24(28)11-10-20-12-14-27(15-13-20)23-4-2-1-3-5-23/h1-9,17,19-20H,10-15,18H2. The number of hydrogen-bond acceptors (Lipinski definition) is 3. The summed E-state index contributed by atoms with van der Waals surface area (Å²) in [6, 6.07) is 20.7. The van der Waals surface area contributed by atoms with E-state index in [1.807, 2.05) is 36.8 Å². The van der Waals surface area contributed by atoms with E-state index in [1.165, 1.54) is 36.2 Å². The summed E-state index contributed by atoms with van der Waals surface area (Å²) in [5.74, 6) is 0.790. The van der Waals surface area contributed by atoms with Crippen LogP contribution in [0.3, 0.4) is 0 Å². The normalized spacial score (nSPS) is 14.8. The zero-order valence-electron chi connectivity index (χ0n) is 16.2. The lowest BCUT2D eigenvalue weighted by molar-refractivity contribution is 0.379. The van der Waals surface area contributed by atoms with Crippen molar-refractivity contribution >= 4 is 5.69 Å². The van der Waals surface area contributed by atoms with Gasteiger partial charge in [0.15, 0.2) is 0 Å². The highest BCUT2D eigenvalue weighted by atomic mass is 15.1. The van der Waals surface area contributed by atoms with Gasteiger partial charge in [-0.1, -0.05) is 30.3 Å². The molecule has 0 amide bonds. The van der Waals surface area contributed by atoms with Crippen molar-refractivity contribution in [1.82, 2.24) is 9.55 Å². The number of nitrogens with zero attached hydrogens (tertiary/aromatic N) is 4. The summed E-state index contributed by atoms with van der Waals surface area (Å²) in [5.41, 5.74) is 4.56. The predicted molar refractivity (Wildman–Crippen MR) is 112 cm³/mol. The van der Waals surface area contributed by atoms with E-state index in [4.69, 9.17) is 5.26 Å². The van der Waals surface area contributed by atoms with Crippen molar-refractivity contribution in [2.75, 3.05) is 18.0 Å². The molecule has 4 nitrogen and oxygen atoms in total. The number of aromatic nitrogens is 2. The van der Waals surface area contributed by atoms with E-state index in [1.54, 1.807) is 0 Å². The molecule has 0 radical (unpaired) electrons. The van der Waals surface area contributed by atoms with Crippen LogP contribution in [0.1, 0.15) is 36.1 Å². The smallest absolute Gasteiger partial charge is 0.0991 e. The highest BCUT2D eigenvalue weighted by molar-refractivity contribution is 5.46. The molecule has 1 aromatic heterocycles. The molecule has 1 saturated heterocycles. The molecular weight excluding hydrogens is 344 g/mol. The Labute approximate surface area is 167 Å². The van der Waals surface area contributed by atoms with Gasteiger partial charge in [-0.3, -0.25) is 0 Å². The van der Waals surface area contributed by atoms with Crippen LogP contribution >= 0.6 is 0 Å². The van der Waals surface area contributed by atoms with Crippen LogP contribution in [0.4, 0.5) is 5.69 Å². The van der Waals surface area contributed by atoms with Crippen LogP contribution in [0, 0.1) is 17.2 Å². The number of nitriles is 1. The lowest BCUT2D eigenvalue weighted by Gasteiger charge is -2.33. The second-order valence-electron chi connectivity index (χ2n) is 7.63. The molecule has 28 heavy (non-hydrogen) atoms. The second-order valence-corrected chi connectivity index (χ2v) is 7.63. The molecule has 0 N–H and O–H groups in total. The van der Waals surface area contributed by atoms with Crippen LogP contribution in [0.2, 0.25) is 0 Å². The third-order valence-electron chi connectivity index (χ3n) is 5.78. The second kappa shape index (κ2) is 8.75. The first-order chi connectivity index (χ1) is 13.8. The molecule has 2 aromatic carbocycles. The van der Waals surface area contributed by atoms with Gasteiger partial charge in [0, 0.05) is 37.2 Å². The Hall–Kier alpha value is -3.06. The van der Waals surface area contributed by atoms with Gasteiger partial charge in [0.05, 0.1) is 18.0 Å². The molecule has 0 spiro atoms. The fraction of sp³-hybridized carbons (Fsp3) is 0.333. The number of anilines is 1. The zero-order chi connectivity index (χ0) is 19.2. The Morgan fingerprint density at radius 2 is 1.75 bits per heavy atom. The van der Waals surface area contributed by atoms with E-state index in [0.717, 1.165) is 32.0 Å². The van der Waals surface area contributed by atoms with Gasteiger partial charge in [-0.15, -0.1) is 0 Å². The molecule has 4 rings (SSSR count). The van der Waals surface area contributed by atoms with Gasteiger partial charge >= 0.3 is 0 Å². The molecular formula is C24H26N4. The number of piperidine rings is 1. The maximum absolute atomic E-state index is 8.94. The highest BCUT2D eigenvalue weighted by Gasteiger charge is 2.19. The summed E-state index contributed by atoms with van der Waals surface area (Å²) in [7, 11) is 0. The number of rotatable bonds is 6. The van der Waals surface area contributed by atoms with E-state index in [2.05, 4.69) is 50.9 Å². The van der Waals surface area contributed by atoms with E-state index >= 15 is 0 Å². The summed E-state index contributed by atoms with van der Waals surface area (Å²) >= 11 is 0. The third kappa shape index (κ3) is 4.43. The van der Waals surface area contributed by atoms with E-state index in [-0.39, 0.29) is 0 Å². The molecule has 0 aliphatic carbocycles. The average molecular weight is 371 g/mol. The van der Waals surface area contributed by atoms with Crippen molar-refractivity contribution in [3.8, 4) is 6.07 Å². The van der Waals surface area contributed by atoms with Gasteiger partial charge < -0.3 is 9.47 Å². The Kier molecular flexibility index (Phi) is 5.72. The number of hydrogen-bond donors (Lipinski definition) is 0. The van der Waals surface area contributed by atoms with Crippen LogP contribution in [0.15, 0.2) is 67.1 Å². The van der Waals surface area contributed by atoms with Gasteiger partial charge in [-0.25, -0.2) is 4.98 Å². The third-order valence-corrected chi connectivity index (χ3v) is 5.78. The van der Waals surface area contributed by atoms with Crippen molar-refractivity contribution in [3.63, 3.8) is 0 Å². The molecule has 3 aromatic rings. The van der Waals surface area contributed by atoms with Crippen LogP contribution in [0.25, 0.3) is 0 Å². The largest absolute Gasteiger partial charge is 0.372 e. The monoisotopic (exact) mass is 370 g/mol. The minimum absolute atomic E-state index is 0.705. The van der Waals surface area contributed by atoms with Crippen molar-refractivity contribution in [2.45, 2.75) is 32.2 Å². The lowest BCUT2D eigenvalue weighted by atomic mass is 9.91. The molecule has 1 aliphatic heterocycles. The number of imidazole rings is 1. The summed E-state index contributed by atoms with van der Waals surface area (Å²) < 4.78 is 2.24. The average Bonchev–Trinajstić information content (AvgIpc) is 3.21. The maximum Gasteiger partial charge on any atom is 0.0991 e. The van der Waals surface area contributed by atoms with Gasteiger partial charge in [0.1, 0.15) is 0 Å². The molecule has 1 aliphatic rings. The SMILES string of the molecule is N#Cc1ccc(Cn2cncc2CCC2CCN(c3ccccc3)CC2)cc1. The van der Waals surface area contributed by atoms with E-state index < -0.39 is 0 Å². The van der Waals surface area contributed by atoms with Gasteiger partial charge in [-0.05, 0) is 61.4 Å². The van der Waals surface area contributed by atoms with E-state index in [9.17, 15) is 0 Å². The van der Waals surface area contributed by atoms with Crippen molar-refractivity contribution in [3.05, 3.63) is 83.9 Å². The van der Waals surface area contributed by atoms with Crippen LogP contribution in [-0.2, 0) is 13.0 Å². The van der Waals surface area contributed by atoms with Gasteiger partial charge in [0.25, 0.3) is 0 Å². The fourth-order valence-corrected chi connectivity index (χ4v) is 4.05.